The quantitative estimate of drug-likeness (QED) is 0.806. The maximum absolute atomic E-state index is 14.6. The first-order valence-corrected chi connectivity index (χ1v) is 6.08. The number of aliphatic hydroxyl groups excluding tert-OH is 1. The Morgan fingerprint density at radius 1 is 1.29 bits per heavy atom. The van der Waals surface area contributed by atoms with Gasteiger partial charge in [0.15, 0.2) is 0 Å². The highest BCUT2D eigenvalue weighted by Gasteiger charge is 2.55. The first-order chi connectivity index (χ1) is 7.76. The highest BCUT2D eigenvalue weighted by molar-refractivity contribution is 4.96. The van der Waals surface area contributed by atoms with Crippen LogP contribution < -0.4 is 0 Å². The Morgan fingerprint density at radius 2 is 1.88 bits per heavy atom. The lowest BCUT2D eigenvalue weighted by Gasteiger charge is -2.29. The van der Waals surface area contributed by atoms with Gasteiger partial charge < -0.3 is 19.3 Å². The van der Waals surface area contributed by atoms with Gasteiger partial charge in [0.25, 0.3) is 5.85 Å². The van der Waals surface area contributed by atoms with Crippen LogP contribution in [0.25, 0.3) is 0 Å². The molecule has 4 nitrogen and oxygen atoms in total. The molecule has 0 amide bonds. The van der Waals surface area contributed by atoms with Crippen molar-refractivity contribution in [3.8, 4) is 0 Å². The van der Waals surface area contributed by atoms with E-state index in [0.717, 1.165) is 0 Å². The molecule has 0 aromatic carbocycles. The van der Waals surface area contributed by atoms with Gasteiger partial charge in [0, 0.05) is 0 Å². The summed E-state index contributed by atoms with van der Waals surface area (Å²) in [7, 11) is 0. The largest absolute Gasteiger partial charge is 0.387 e. The highest BCUT2D eigenvalue weighted by Crippen LogP contribution is 2.36. The van der Waals surface area contributed by atoms with E-state index in [0.29, 0.717) is 0 Å². The van der Waals surface area contributed by atoms with E-state index in [1.807, 2.05) is 13.8 Å². The average molecular weight is 250 g/mol. The van der Waals surface area contributed by atoms with E-state index >= 15 is 0 Å². The van der Waals surface area contributed by atoms with Crippen LogP contribution in [0, 0.1) is 0 Å². The summed E-state index contributed by atoms with van der Waals surface area (Å²) in [6.45, 7) is 8.60. The van der Waals surface area contributed by atoms with Crippen LogP contribution >= 0.6 is 0 Å². The Balaban J connectivity index is 2.72. The summed E-state index contributed by atoms with van der Waals surface area (Å²) in [5, 5.41) is 9.86. The molecular formula is C12H23FO4. The van der Waals surface area contributed by atoms with Crippen molar-refractivity contribution in [1.29, 1.82) is 0 Å². The molecular weight excluding hydrogens is 227 g/mol. The Kier molecular flexibility index (Phi) is 4.89. The van der Waals surface area contributed by atoms with Crippen LogP contribution in [0.1, 0.15) is 34.6 Å². The van der Waals surface area contributed by atoms with Crippen molar-refractivity contribution in [1.82, 2.24) is 0 Å². The van der Waals surface area contributed by atoms with Gasteiger partial charge in [0.05, 0.1) is 18.3 Å². The molecule has 0 aliphatic carbocycles. The van der Waals surface area contributed by atoms with Gasteiger partial charge in [-0.3, -0.25) is 0 Å². The fourth-order valence-corrected chi connectivity index (χ4v) is 1.82. The van der Waals surface area contributed by atoms with Crippen molar-refractivity contribution in [3.63, 3.8) is 0 Å². The molecule has 1 heterocycles. The molecule has 0 radical (unpaired) electrons. The molecule has 1 fully saturated rings. The summed E-state index contributed by atoms with van der Waals surface area (Å²) in [6, 6.07) is 0. The monoisotopic (exact) mass is 250 g/mol. The number of hydrogen-bond donors (Lipinski definition) is 1. The summed E-state index contributed by atoms with van der Waals surface area (Å²) < 4.78 is 30.4. The zero-order chi connectivity index (χ0) is 13.2. The van der Waals surface area contributed by atoms with Crippen molar-refractivity contribution in [2.24, 2.45) is 0 Å². The van der Waals surface area contributed by atoms with Gasteiger partial charge in [-0.15, -0.1) is 0 Å². The van der Waals surface area contributed by atoms with E-state index < -0.39 is 24.2 Å². The van der Waals surface area contributed by atoms with Crippen molar-refractivity contribution >= 4 is 0 Å². The minimum Gasteiger partial charge on any atom is -0.387 e. The number of hydrogen-bond acceptors (Lipinski definition) is 4. The third kappa shape index (κ3) is 3.61. The molecule has 0 aromatic rings. The van der Waals surface area contributed by atoms with Gasteiger partial charge >= 0.3 is 0 Å². The first kappa shape index (κ1) is 14.8. The second-order valence-corrected chi connectivity index (χ2v) is 5.06. The van der Waals surface area contributed by atoms with Crippen molar-refractivity contribution in [2.45, 2.75) is 71.0 Å². The molecule has 0 saturated carbocycles. The third-order valence-electron chi connectivity index (χ3n) is 2.63. The molecule has 0 aromatic heterocycles. The van der Waals surface area contributed by atoms with Gasteiger partial charge in [0.2, 0.25) is 0 Å². The van der Waals surface area contributed by atoms with E-state index in [1.54, 1.807) is 20.8 Å². The lowest BCUT2D eigenvalue weighted by atomic mass is 10.1. The molecule has 0 spiro atoms. The van der Waals surface area contributed by atoms with Gasteiger partial charge in [0.1, 0.15) is 18.8 Å². The molecule has 1 unspecified atom stereocenters. The first-order valence-electron chi connectivity index (χ1n) is 6.08. The average Bonchev–Trinajstić information content (AvgIpc) is 2.40. The molecule has 1 aliphatic rings. The minimum atomic E-state index is -2.08. The lowest BCUT2D eigenvalue weighted by molar-refractivity contribution is -0.225. The number of alkyl halides is 1. The van der Waals surface area contributed by atoms with E-state index in [-0.39, 0.29) is 18.8 Å². The van der Waals surface area contributed by atoms with Crippen LogP contribution in [0.4, 0.5) is 4.39 Å². The van der Waals surface area contributed by atoms with E-state index in [9.17, 15) is 9.50 Å². The van der Waals surface area contributed by atoms with Crippen molar-refractivity contribution in [2.75, 3.05) is 6.61 Å². The second kappa shape index (κ2) is 5.61. The normalized spacial score (nSPS) is 38.3. The van der Waals surface area contributed by atoms with Crippen LogP contribution in [0.15, 0.2) is 0 Å². The van der Waals surface area contributed by atoms with Crippen LogP contribution in [0.5, 0.6) is 0 Å². The van der Waals surface area contributed by atoms with Gasteiger partial charge in [-0.1, -0.05) is 0 Å². The van der Waals surface area contributed by atoms with Gasteiger partial charge in [-0.05, 0) is 34.6 Å². The SMILES string of the molecule is CC(C)OC[C@@]1(F)O[C@@H](C)[C@@H](O)C1OC(C)C. The fraction of sp³-hybridized carbons (Fsp3) is 1.00. The number of aliphatic hydroxyl groups is 1. The second-order valence-electron chi connectivity index (χ2n) is 5.06. The molecule has 1 aliphatic heterocycles. The van der Waals surface area contributed by atoms with Crippen LogP contribution in [0.3, 0.4) is 0 Å². The summed E-state index contributed by atoms with van der Waals surface area (Å²) >= 11 is 0. The molecule has 1 N–H and O–H groups in total. The molecule has 102 valence electrons. The molecule has 5 heteroatoms. The number of ether oxygens (including phenoxy) is 3. The zero-order valence-corrected chi connectivity index (χ0v) is 11.1. The summed E-state index contributed by atoms with van der Waals surface area (Å²) in [4.78, 5) is 0. The van der Waals surface area contributed by atoms with Crippen LogP contribution in [0.2, 0.25) is 0 Å². The molecule has 1 rings (SSSR count). The fourth-order valence-electron chi connectivity index (χ4n) is 1.82. The molecule has 0 bridgehead atoms. The predicted molar refractivity (Wildman–Crippen MR) is 61.5 cm³/mol. The Hall–Kier alpha value is -0.230. The lowest BCUT2D eigenvalue weighted by Crippen LogP contribution is -2.46. The summed E-state index contributed by atoms with van der Waals surface area (Å²) in [6.07, 6.45) is -2.86. The zero-order valence-electron chi connectivity index (χ0n) is 11.1. The van der Waals surface area contributed by atoms with E-state index in [2.05, 4.69) is 0 Å². The number of rotatable bonds is 5. The standard InChI is InChI=1S/C12H23FO4/c1-7(2)15-6-12(13)11(16-8(3)4)10(14)9(5)17-12/h7-11,14H,6H2,1-5H3/t9-,10+,11?,12+/m0/s1. The van der Waals surface area contributed by atoms with E-state index in [4.69, 9.17) is 14.2 Å². The van der Waals surface area contributed by atoms with Crippen LogP contribution in [-0.2, 0) is 14.2 Å². The van der Waals surface area contributed by atoms with E-state index in [1.165, 1.54) is 0 Å². The molecule has 17 heavy (non-hydrogen) atoms. The maximum atomic E-state index is 14.6. The maximum Gasteiger partial charge on any atom is 0.262 e. The Bertz CT molecular complexity index is 247. The van der Waals surface area contributed by atoms with Crippen LogP contribution in [-0.4, -0.2) is 48.1 Å². The molecule has 4 atom stereocenters. The highest BCUT2D eigenvalue weighted by atomic mass is 19.2. The minimum absolute atomic E-state index is 0.0982. The van der Waals surface area contributed by atoms with Crippen molar-refractivity contribution < 1.29 is 23.7 Å². The predicted octanol–water partition coefficient (Wildman–Crippen LogP) is 1.65. The smallest absolute Gasteiger partial charge is 0.262 e. The molecule has 1 saturated heterocycles. The summed E-state index contributed by atoms with van der Waals surface area (Å²) in [5.74, 6) is -2.08. The Morgan fingerprint density at radius 3 is 2.35 bits per heavy atom. The van der Waals surface area contributed by atoms with Gasteiger partial charge in [-0.2, -0.15) is 0 Å². The van der Waals surface area contributed by atoms with Crippen molar-refractivity contribution in [3.05, 3.63) is 0 Å². The topological polar surface area (TPSA) is 47.9 Å². The summed E-state index contributed by atoms with van der Waals surface area (Å²) in [5.41, 5.74) is 0. The Labute approximate surface area is 102 Å². The third-order valence-corrected chi connectivity index (χ3v) is 2.63. The number of halogens is 1. The van der Waals surface area contributed by atoms with Gasteiger partial charge in [-0.25, -0.2) is 4.39 Å².